The molecule has 3 rings (SSSR count). The SMILES string of the molecule is Cc1nccn1CCOc1cccc2c1NC(C)CC2. The van der Waals surface area contributed by atoms with Crippen molar-refractivity contribution in [2.75, 3.05) is 11.9 Å². The van der Waals surface area contributed by atoms with Gasteiger partial charge >= 0.3 is 0 Å². The molecule has 20 heavy (non-hydrogen) atoms. The van der Waals surface area contributed by atoms with Crippen LogP contribution in [0.1, 0.15) is 24.7 Å². The van der Waals surface area contributed by atoms with E-state index < -0.39 is 0 Å². The first-order valence-electron chi connectivity index (χ1n) is 7.23. The van der Waals surface area contributed by atoms with Gasteiger partial charge in [0.2, 0.25) is 0 Å². The van der Waals surface area contributed by atoms with Crippen molar-refractivity contribution in [1.82, 2.24) is 9.55 Å². The number of anilines is 1. The molecule has 1 aromatic carbocycles. The third kappa shape index (κ3) is 2.64. The van der Waals surface area contributed by atoms with E-state index in [-0.39, 0.29) is 0 Å². The number of ether oxygens (including phenoxy) is 1. The zero-order chi connectivity index (χ0) is 13.9. The highest BCUT2D eigenvalue weighted by Crippen LogP contribution is 2.33. The predicted octanol–water partition coefficient (Wildman–Crippen LogP) is 3.02. The summed E-state index contributed by atoms with van der Waals surface area (Å²) in [7, 11) is 0. The van der Waals surface area contributed by atoms with Gasteiger partial charge in [-0.25, -0.2) is 4.98 Å². The summed E-state index contributed by atoms with van der Waals surface area (Å²) in [6, 6.07) is 6.82. The molecule has 0 amide bonds. The number of hydrogen-bond donors (Lipinski definition) is 1. The molecule has 0 saturated heterocycles. The zero-order valence-corrected chi connectivity index (χ0v) is 12.1. The molecule has 1 aromatic heterocycles. The fraction of sp³-hybridized carbons (Fsp3) is 0.438. The van der Waals surface area contributed by atoms with E-state index >= 15 is 0 Å². The Morgan fingerprint density at radius 1 is 1.45 bits per heavy atom. The first kappa shape index (κ1) is 13.0. The highest BCUT2D eigenvalue weighted by Gasteiger charge is 2.17. The summed E-state index contributed by atoms with van der Waals surface area (Å²) in [5.41, 5.74) is 2.54. The van der Waals surface area contributed by atoms with Gasteiger partial charge in [0.15, 0.2) is 0 Å². The molecule has 0 fully saturated rings. The second-order valence-electron chi connectivity index (χ2n) is 5.39. The Hall–Kier alpha value is -1.97. The van der Waals surface area contributed by atoms with Gasteiger partial charge < -0.3 is 14.6 Å². The van der Waals surface area contributed by atoms with Crippen LogP contribution < -0.4 is 10.1 Å². The number of aryl methyl sites for hydroxylation is 2. The van der Waals surface area contributed by atoms with E-state index in [4.69, 9.17) is 4.74 Å². The van der Waals surface area contributed by atoms with Crippen molar-refractivity contribution in [2.45, 2.75) is 39.3 Å². The number of nitrogens with one attached hydrogen (secondary N) is 1. The normalized spacial score (nSPS) is 17.4. The molecule has 1 atom stereocenters. The largest absolute Gasteiger partial charge is 0.490 e. The first-order chi connectivity index (χ1) is 9.74. The van der Waals surface area contributed by atoms with E-state index in [1.165, 1.54) is 17.7 Å². The molecule has 0 bridgehead atoms. The Balaban J connectivity index is 1.67. The van der Waals surface area contributed by atoms with Crippen LogP contribution in [0, 0.1) is 6.92 Å². The van der Waals surface area contributed by atoms with Gasteiger partial charge in [0, 0.05) is 18.4 Å². The van der Waals surface area contributed by atoms with Crippen LogP contribution in [0.3, 0.4) is 0 Å². The molecule has 1 unspecified atom stereocenters. The summed E-state index contributed by atoms with van der Waals surface area (Å²) >= 11 is 0. The molecule has 0 aliphatic carbocycles. The average Bonchev–Trinajstić information content (AvgIpc) is 2.85. The topological polar surface area (TPSA) is 39.1 Å². The number of hydrogen-bond acceptors (Lipinski definition) is 3. The highest BCUT2D eigenvalue weighted by molar-refractivity contribution is 5.63. The van der Waals surface area contributed by atoms with Gasteiger partial charge in [0.25, 0.3) is 0 Å². The number of benzene rings is 1. The number of fused-ring (bicyclic) bond motifs is 1. The third-order valence-corrected chi connectivity index (χ3v) is 3.86. The smallest absolute Gasteiger partial charge is 0.142 e. The van der Waals surface area contributed by atoms with Gasteiger partial charge in [-0.05, 0) is 38.3 Å². The van der Waals surface area contributed by atoms with Crippen molar-refractivity contribution < 1.29 is 4.74 Å². The number of rotatable bonds is 4. The third-order valence-electron chi connectivity index (χ3n) is 3.86. The quantitative estimate of drug-likeness (QED) is 0.929. The fourth-order valence-corrected chi connectivity index (χ4v) is 2.65. The molecule has 0 saturated carbocycles. The molecular weight excluding hydrogens is 250 g/mol. The van der Waals surface area contributed by atoms with Crippen molar-refractivity contribution >= 4 is 5.69 Å². The number of para-hydroxylation sites is 1. The van der Waals surface area contributed by atoms with Gasteiger partial charge in [-0.2, -0.15) is 0 Å². The summed E-state index contributed by atoms with van der Waals surface area (Å²) in [4.78, 5) is 4.22. The van der Waals surface area contributed by atoms with Gasteiger partial charge in [0.05, 0.1) is 12.2 Å². The summed E-state index contributed by atoms with van der Waals surface area (Å²) in [6.07, 6.45) is 6.12. The summed E-state index contributed by atoms with van der Waals surface area (Å²) in [5.74, 6) is 1.99. The Morgan fingerprint density at radius 3 is 3.15 bits per heavy atom. The Labute approximate surface area is 119 Å². The van der Waals surface area contributed by atoms with Crippen LogP contribution in [0.15, 0.2) is 30.6 Å². The van der Waals surface area contributed by atoms with Gasteiger partial charge in [0.1, 0.15) is 18.2 Å². The minimum absolute atomic E-state index is 0.517. The molecule has 106 valence electrons. The minimum Gasteiger partial charge on any atom is -0.490 e. The van der Waals surface area contributed by atoms with Crippen LogP contribution in [0.4, 0.5) is 5.69 Å². The highest BCUT2D eigenvalue weighted by atomic mass is 16.5. The van der Waals surface area contributed by atoms with Gasteiger partial charge in [-0.15, -0.1) is 0 Å². The summed E-state index contributed by atoms with van der Waals surface area (Å²) in [5, 5.41) is 3.54. The second-order valence-corrected chi connectivity index (χ2v) is 5.39. The maximum Gasteiger partial charge on any atom is 0.142 e. The standard InChI is InChI=1S/C16H21N3O/c1-12-6-7-14-4-3-5-15(16(14)18-12)20-11-10-19-9-8-17-13(19)2/h3-5,8-9,12,18H,6-7,10-11H2,1-2H3. The van der Waals surface area contributed by atoms with Crippen LogP contribution in [0.25, 0.3) is 0 Å². The predicted molar refractivity (Wildman–Crippen MR) is 80.3 cm³/mol. The second kappa shape index (κ2) is 5.57. The summed E-state index contributed by atoms with van der Waals surface area (Å²) < 4.78 is 8.07. The first-order valence-corrected chi connectivity index (χ1v) is 7.23. The Bertz CT molecular complexity index is 591. The molecule has 1 N–H and O–H groups in total. The van der Waals surface area contributed by atoms with Crippen molar-refractivity contribution in [1.29, 1.82) is 0 Å². The lowest BCUT2D eigenvalue weighted by Gasteiger charge is -2.26. The van der Waals surface area contributed by atoms with Crippen molar-refractivity contribution in [2.24, 2.45) is 0 Å². The molecular formula is C16H21N3O. The van der Waals surface area contributed by atoms with E-state index in [1.807, 2.05) is 25.4 Å². The molecule has 0 spiro atoms. The number of imidazole rings is 1. The monoisotopic (exact) mass is 271 g/mol. The summed E-state index contributed by atoms with van der Waals surface area (Å²) in [6.45, 7) is 5.71. The maximum absolute atomic E-state index is 5.97. The van der Waals surface area contributed by atoms with Crippen molar-refractivity contribution in [3.8, 4) is 5.75 Å². The Morgan fingerprint density at radius 2 is 2.35 bits per heavy atom. The van der Waals surface area contributed by atoms with Crippen LogP contribution in [0.2, 0.25) is 0 Å². The lowest BCUT2D eigenvalue weighted by Crippen LogP contribution is -2.22. The average molecular weight is 271 g/mol. The number of aromatic nitrogens is 2. The molecule has 4 nitrogen and oxygen atoms in total. The number of nitrogens with zero attached hydrogens (tertiary/aromatic N) is 2. The lowest BCUT2D eigenvalue weighted by molar-refractivity contribution is 0.297. The van der Waals surface area contributed by atoms with E-state index in [0.29, 0.717) is 12.6 Å². The fourth-order valence-electron chi connectivity index (χ4n) is 2.65. The van der Waals surface area contributed by atoms with Crippen LogP contribution in [-0.2, 0) is 13.0 Å². The van der Waals surface area contributed by atoms with Crippen LogP contribution in [0.5, 0.6) is 5.75 Å². The molecule has 0 radical (unpaired) electrons. The van der Waals surface area contributed by atoms with Crippen molar-refractivity contribution in [3.05, 3.63) is 42.0 Å². The van der Waals surface area contributed by atoms with Crippen LogP contribution >= 0.6 is 0 Å². The lowest BCUT2D eigenvalue weighted by atomic mass is 9.98. The minimum atomic E-state index is 0.517. The van der Waals surface area contributed by atoms with Gasteiger partial charge in [-0.1, -0.05) is 12.1 Å². The Kier molecular flexibility index (Phi) is 3.63. The molecule has 4 heteroatoms. The van der Waals surface area contributed by atoms with E-state index in [2.05, 4.69) is 33.9 Å². The van der Waals surface area contributed by atoms with Crippen LogP contribution in [-0.4, -0.2) is 22.2 Å². The zero-order valence-electron chi connectivity index (χ0n) is 12.1. The molecule has 1 aliphatic heterocycles. The van der Waals surface area contributed by atoms with Crippen molar-refractivity contribution in [3.63, 3.8) is 0 Å². The molecule has 2 aromatic rings. The molecule has 2 heterocycles. The van der Waals surface area contributed by atoms with E-state index in [9.17, 15) is 0 Å². The molecule has 1 aliphatic rings. The van der Waals surface area contributed by atoms with E-state index in [0.717, 1.165) is 24.5 Å². The van der Waals surface area contributed by atoms with E-state index in [1.54, 1.807) is 0 Å². The maximum atomic E-state index is 5.97. The van der Waals surface area contributed by atoms with Gasteiger partial charge in [-0.3, -0.25) is 0 Å².